The van der Waals surface area contributed by atoms with Crippen LogP contribution >= 0.6 is 11.3 Å². The van der Waals surface area contributed by atoms with Gasteiger partial charge in [-0.1, -0.05) is 56.3 Å². The van der Waals surface area contributed by atoms with E-state index in [0.717, 1.165) is 0 Å². The van der Waals surface area contributed by atoms with Crippen molar-refractivity contribution in [2.75, 3.05) is 0 Å². The van der Waals surface area contributed by atoms with Crippen molar-refractivity contribution in [1.29, 1.82) is 0 Å². The average molecular weight is 306 g/mol. The SMILES string of the molecule is Cc1ccc(-c2ccc(-c3ccc(C(C)C)cc3)s2)cc1C. The molecule has 1 heteroatoms. The van der Waals surface area contributed by atoms with Crippen LogP contribution in [0.5, 0.6) is 0 Å². The molecule has 0 bridgehead atoms. The highest BCUT2D eigenvalue weighted by Gasteiger charge is 2.07. The van der Waals surface area contributed by atoms with Gasteiger partial charge in [0, 0.05) is 9.75 Å². The normalized spacial score (nSPS) is 11.1. The second kappa shape index (κ2) is 6.10. The van der Waals surface area contributed by atoms with E-state index in [4.69, 9.17) is 0 Å². The summed E-state index contributed by atoms with van der Waals surface area (Å²) in [7, 11) is 0. The van der Waals surface area contributed by atoms with E-state index in [2.05, 4.69) is 82.3 Å². The van der Waals surface area contributed by atoms with E-state index in [1.807, 2.05) is 11.3 Å². The third-order valence-corrected chi connectivity index (χ3v) is 5.44. The van der Waals surface area contributed by atoms with Gasteiger partial charge in [0.15, 0.2) is 0 Å². The maximum atomic E-state index is 2.28. The number of aryl methyl sites for hydroxylation is 2. The van der Waals surface area contributed by atoms with E-state index in [9.17, 15) is 0 Å². The summed E-state index contributed by atoms with van der Waals surface area (Å²) in [6.07, 6.45) is 0. The van der Waals surface area contributed by atoms with Gasteiger partial charge in [-0.2, -0.15) is 0 Å². The molecule has 3 rings (SSSR count). The van der Waals surface area contributed by atoms with E-state index < -0.39 is 0 Å². The largest absolute Gasteiger partial charge is 0.135 e. The van der Waals surface area contributed by atoms with Gasteiger partial charge in [-0.25, -0.2) is 0 Å². The highest BCUT2D eigenvalue weighted by Crippen LogP contribution is 2.35. The molecule has 2 aromatic carbocycles. The minimum atomic E-state index is 0.587. The summed E-state index contributed by atoms with van der Waals surface area (Å²) in [5.41, 5.74) is 6.73. The van der Waals surface area contributed by atoms with Crippen LogP contribution in [-0.4, -0.2) is 0 Å². The Balaban J connectivity index is 1.91. The summed E-state index contributed by atoms with van der Waals surface area (Å²) in [6, 6.07) is 20.2. The Morgan fingerprint density at radius 3 is 1.86 bits per heavy atom. The van der Waals surface area contributed by atoms with Crippen LogP contribution in [0, 0.1) is 13.8 Å². The van der Waals surface area contributed by atoms with Gasteiger partial charge in [-0.05, 0) is 59.7 Å². The molecule has 0 aliphatic heterocycles. The first kappa shape index (κ1) is 15.1. The molecule has 1 heterocycles. The summed E-state index contributed by atoms with van der Waals surface area (Å²) >= 11 is 1.87. The summed E-state index contributed by atoms with van der Waals surface area (Å²) in [5.74, 6) is 0.587. The van der Waals surface area contributed by atoms with E-state index in [-0.39, 0.29) is 0 Å². The molecule has 0 unspecified atom stereocenters. The fraction of sp³-hybridized carbons (Fsp3) is 0.238. The zero-order chi connectivity index (χ0) is 15.7. The van der Waals surface area contributed by atoms with E-state index >= 15 is 0 Å². The lowest BCUT2D eigenvalue weighted by molar-refractivity contribution is 0.867. The lowest BCUT2D eigenvalue weighted by atomic mass is 10.0. The van der Waals surface area contributed by atoms with Gasteiger partial charge in [-0.15, -0.1) is 11.3 Å². The Hall–Kier alpha value is -1.86. The molecule has 0 aliphatic rings. The van der Waals surface area contributed by atoms with Crippen molar-refractivity contribution >= 4 is 11.3 Å². The Morgan fingerprint density at radius 2 is 1.27 bits per heavy atom. The molecule has 0 N–H and O–H groups in total. The van der Waals surface area contributed by atoms with Crippen LogP contribution in [0.1, 0.15) is 36.5 Å². The molecule has 0 nitrogen and oxygen atoms in total. The zero-order valence-corrected chi connectivity index (χ0v) is 14.5. The molecule has 0 atom stereocenters. The number of hydrogen-bond donors (Lipinski definition) is 0. The van der Waals surface area contributed by atoms with Gasteiger partial charge in [0.05, 0.1) is 0 Å². The fourth-order valence-electron chi connectivity index (χ4n) is 2.58. The Bertz CT molecular complexity index is 776. The van der Waals surface area contributed by atoms with Crippen molar-refractivity contribution in [2.24, 2.45) is 0 Å². The van der Waals surface area contributed by atoms with Gasteiger partial charge in [-0.3, -0.25) is 0 Å². The van der Waals surface area contributed by atoms with Crippen LogP contribution in [-0.2, 0) is 0 Å². The standard InChI is InChI=1S/C21H22S/c1-14(2)17-7-9-18(10-8-17)20-11-12-21(22-20)19-6-5-15(3)16(4)13-19/h5-14H,1-4H3. The second-order valence-electron chi connectivity index (χ2n) is 6.24. The molecule has 22 heavy (non-hydrogen) atoms. The summed E-state index contributed by atoms with van der Waals surface area (Å²) < 4.78 is 0. The van der Waals surface area contributed by atoms with Crippen LogP contribution in [0.25, 0.3) is 20.9 Å². The van der Waals surface area contributed by atoms with Crippen molar-refractivity contribution < 1.29 is 0 Å². The first-order chi connectivity index (χ1) is 10.5. The van der Waals surface area contributed by atoms with E-state index in [0.29, 0.717) is 5.92 Å². The Labute approximate surface area is 137 Å². The zero-order valence-electron chi connectivity index (χ0n) is 13.7. The smallest absolute Gasteiger partial charge is 0.0349 e. The number of hydrogen-bond acceptors (Lipinski definition) is 1. The molecule has 0 saturated heterocycles. The Kier molecular flexibility index (Phi) is 4.17. The molecule has 112 valence electrons. The predicted molar refractivity (Wildman–Crippen MR) is 98.8 cm³/mol. The maximum absolute atomic E-state index is 2.28. The molecule has 0 saturated carbocycles. The van der Waals surface area contributed by atoms with E-state index in [1.54, 1.807) is 0 Å². The summed E-state index contributed by atoms with van der Waals surface area (Å²) in [5, 5.41) is 0. The van der Waals surface area contributed by atoms with Crippen molar-refractivity contribution in [3.63, 3.8) is 0 Å². The monoisotopic (exact) mass is 306 g/mol. The third-order valence-electron chi connectivity index (χ3n) is 4.26. The molecule has 0 fully saturated rings. The number of rotatable bonds is 3. The molecular weight excluding hydrogens is 284 g/mol. The van der Waals surface area contributed by atoms with Gasteiger partial charge < -0.3 is 0 Å². The minimum Gasteiger partial charge on any atom is -0.135 e. The van der Waals surface area contributed by atoms with Crippen molar-refractivity contribution in [1.82, 2.24) is 0 Å². The number of benzene rings is 2. The summed E-state index contributed by atoms with van der Waals surface area (Å²) in [6.45, 7) is 8.81. The summed E-state index contributed by atoms with van der Waals surface area (Å²) in [4.78, 5) is 2.68. The minimum absolute atomic E-state index is 0.587. The third kappa shape index (κ3) is 3.00. The topological polar surface area (TPSA) is 0 Å². The van der Waals surface area contributed by atoms with Crippen LogP contribution in [0.3, 0.4) is 0 Å². The molecule has 0 amide bonds. The molecule has 3 aromatic rings. The second-order valence-corrected chi connectivity index (χ2v) is 7.32. The van der Waals surface area contributed by atoms with Gasteiger partial charge in [0.25, 0.3) is 0 Å². The van der Waals surface area contributed by atoms with Gasteiger partial charge in [0.2, 0.25) is 0 Å². The molecule has 1 aromatic heterocycles. The lowest BCUT2D eigenvalue weighted by Gasteiger charge is -2.06. The van der Waals surface area contributed by atoms with Crippen LogP contribution in [0.2, 0.25) is 0 Å². The quantitative estimate of drug-likeness (QED) is 0.498. The highest BCUT2D eigenvalue weighted by molar-refractivity contribution is 7.18. The van der Waals surface area contributed by atoms with Crippen LogP contribution in [0.15, 0.2) is 54.6 Å². The average Bonchev–Trinajstić information content (AvgIpc) is 3.00. The highest BCUT2D eigenvalue weighted by atomic mass is 32.1. The predicted octanol–water partition coefficient (Wildman–Crippen LogP) is 6.82. The molecule has 0 aliphatic carbocycles. The molecular formula is C21H22S. The van der Waals surface area contributed by atoms with Crippen molar-refractivity contribution in [3.05, 3.63) is 71.3 Å². The van der Waals surface area contributed by atoms with Crippen molar-refractivity contribution in [3.8, 4) is 20.9 Å². The Morgan fingerprint density at radius 1 is 0.682 bits per heavy atom. The van der Waals surface area contributed by atoms with Crippen molar-refractivity contribution in [2.45, 2.75) is 33.6 Å². The fourth-order valence-corrected chi connectivity index (χ4v) is 3.58. The van der Waals surface area contributed by atoms with Gasteiger partial charge in [0.1, 0.15) is 0 Å². The first-order valence-corrected chi connectivity index (χ1v) is 8.64. The lowest BCUT2D eigenvalue weighted by Crippen LogP contribution is -1.85. The molecule has 0 spiro atoms. The van der Waals surface area contributed by atoms with E-state index in [1.165, 1.54) is 37.6 Å². The number of thiophene rings is 1. The molecule has 0 radical (unpaired) electrons. The van der Waals surface area contributed by atoms with Gasteiger partial charge >= 0.3 is 0 Å². The van der Waals surface area contributed by atoms with Crippen LogP contribution in [0.4, 0.5) is 0 Å². The van der Waals surface area contributed by atoms with Crippen LogP contribution < -0.4 is 0 Å². The first-order valence-electron chi connectivity index (χ1n) is 7.82. The maximum Gasteiger partial charge on any atom is 0.0349 e.